The van der Waals surface area contributed by atoms with E-state index in [9.17, 15) is 9.59 Å². The molecule has 1 saturated heterocycles. The van der Waals surface area contributed by atoms with Crippen molar-refractivity contribution < 1.29 is 14.3 Å². The van der Waals surface area contributed by atoms with Crippen molar-refractivity contribution in [2.24, 2.45) is 5.92 Å². The molecule has 1 heterocycles. The molecule has 0 saturated carbocycles. The number of carbonyl (C=O) groups excluding carboxylic acids is 2. The zero-order chi connectivity index (χ0) is 16.3. The summed E-state index contributed by atoms with van der Waals surface area (Å²) in [6, 6.07) is 4.84. The highest BCUT2D eigenvalue weighted by atomic mass is 35.5. The van der Waals surface area contributed by atoms with Crippen molar-refractivity contribution in [2.45, 2.75) is 19.4 Å². The molecule has 1 aliphatic heterocycles. The summed E-state index contributed by atoms with van der Waals surface area (Å²) in [6.07, 6.45) is 0.210. The zero-order valence-corrected chi connectivity index (χ0v) is 13.9. The number of hydrogen-bond donors (Lipinski definition) is 1. The first-order valence-corrected chi connectivity index (χ1v) is 7.72. The first-order chi connectivity index (χ1) is 10.4. The fourth-order valence-corrected chi connectivity index (χ4v) is 2.78. The molecular weight excluding hydrogens is 327 g/mol. The molecule has 2 rings (SSSR count). The average Bonchev–Trinajstić information content (AvgIpc) is 2.85. The number of methoxy groups -OCH3 is 1. The summed E-state index contributed by atoms with van der Waals surface area (Å²) >= 11 is 11.8. The molecule has 2 atom stereocenters. The predicted molar refractivity (Wildman–Crippen MR) is 86.2 cm³/mol. The minimum Gasteiger partial charge on any atom is -0.383 e. The molecular formula is C15H18Cl2N2O3. The van der Waals surface area contributed by atoms with E-state index in [1.165, 1.54) is 0 Å². The van der Waals surface area contributed by atoms with Gasteiger partial charge in [0, 0.05) is 25.8 Å². The van der Waals surface area contributed by atoms with Crippen molar-refractivity contribution in [3.63, 3.8) is 0 Å². The Balaban J connectivity index is 1.99. The summed E-state index contributed by atoms with van der Waals surface area (Å²) < 4.78 is 5.06. The first-order valence-electron chi connectivity index (χ1n) is 6.96. The number of anilines is 1. The van der Waals surface area contributed by atoms with Crippen LogP contribution in [0, 0.1) is 5.92 Å². The largest absolute Gasteiger partial charge is 0.383 e. The third kappa shape index (κ3) is 3.91. The van der Waals surface area contributed by atoms with E-state index >= 15 is 0 Å². The second-order valence-electron chi connectivity index (χ2n) is 5.37. The normalized spacial score (nSPS) is 19.4. The number of rotatable bonds is 5. The molecule has 0 aliphatic carbocycles. The van der Waals surface area contributed by atoms with Crippen LogP contribution in [0.1, 0.15) is 13.3 Å². The van der Waals surface area contributed by atoms with Crippen LogP contribution in [0.3, 0.4) is 0 Å². The Morgan fingerprint density at radius 2 is 2.18 bits per heavy atom. The Hall–Kier alpha value is -1.30. The van der Waals surface area contributed by atoms with Crippen molar-refractivity contribution in [1.82, 2.24) is 4.90 Å². The van der Waals surface area contributed by atoms with Crippen molar-refractivity contribution in [3.05, 3.63) is 28.2 Å². The van der Waals surface area contributed by atoms with Crippen LogP contribution in [-0.2, 0) is 14.3 Å². The lowest BCUT2D eigenvalue weighted by atomic mass is 10.1. The van der Waals surface area contributed by atoms with Crippen molar-refractivity contribution in [2.75, 3.05) is 25.6 Å². The zero-order valence-electron chi connectivity index (χ0n) is 12.4. The molecule has 0 bridgehead atoms. The monoisotopic (exact) mass is 344 g/mol. The number of ether oxygens (including phenoxy) is 1. The third-order valence-electron chi connectivity index (χ3n) is 3.66. The fraction of sp³-hybridized carbons (Fsp3) is 0.467. The highest BCUT2D eigenvalue weighted by molar-refractivity contribution is 6.42. The smallest absolute Gasteiger partial charge is 0.229 e. The lowest BCUT2D eigenvalue weighted by Gasteiger charge is -2.23. The van der Waals surface area contributed by atoms with Crippen LogP contribution in [0.4, 0.5) is 5.69 Å². The van der Waals surface area contributed by atoms with Crippen LogP contribution in [0.5, 0.6) is 0 Å². The summed E-state index contributed by atoms with van der Waals surface area (Å²) in [5.41, 5.74) is 0.565. The van der Waals surface area contributed by atoms with Crippen LogP contribution in [-0.4, -0.2) is 43.0 Å². The maximum atomic E-state index is 12.3. The van der Waals surface area contributed by atoms with E-state index < -0.39 is 0 Å². The van der Waals surface area contributed by atoms with E-state index in [0.717, 1.165) is 0 Å². The van der Waals surface area contributed by atoms with Crippen LogP contribution in [0.25, 0.3) is 0 Å². The first kappa shape index (κ1) is 17.1. The maximum absolute atomic E-state index is 12.3. The summed E-state index contributed by atoms with van der Waals surface area (Å²) in [5, 5.41) is 3.57. The number of hydrogen-bond acceptors (Lipinski definition) is 3. The second-order valence-corrected chi connectivity index (χ2v) is 6.18. The van der Waals surface area contributed by atoms with Gasteiger partial charge in [-0.1, -0.05) is 23.2 Å². The van der Waals surface area contributed by atoms with Gasteiger partial charge in [-0.2, -0.15) is 0 Å². The van der Waals surface area contributed by atoms with Gasteiger partial charge in [-0.25, -0.2) is 0 Å². The minimum atomic E-state index is -0.374. The molecule has 22 heavy (non-hydrogen) atoms. The van der Waals surface area contributed by atoms with Gasteiger partial charge in [-0.3, -0.25) is 9.59 Å². The van der Waals surface area contributed by atoms with Gasteiger partial charge in [0.2, 0.25) is 11.8 Å². The van der Waals surface area contributed by atoms with Crippen LogP contribution < -0.4 is 5.32 Å². The molecule has 5 nitrogen and oxygen atoms in total. The standard InChI is InChI=1S/C15H18Cl2N2O3/c1-9(8-22-2)19-7-10(5-14(19)20)15(21)18-11-3-4-12(16)13(17)6-11/h3-4,6,9-10H,5,7-8H2,1-2H3,(H,18,21)/t9-,10+/m0/s1. The van der Waals surface area contributed by atoms with Crippen molar-refractivity contribution in [1.29, 1.82) is 0 Å². The number of nitrogens with zero attached hydrogens (tertiary/aromatic N) is 1. The van der Waals surface area contributed by atoms with E-state index in [2.05, 4.69) is 5.32 Å². The van der Waals surface area contributed by atoms with Crippen LogP contribution in [0.2, 0.25) is 10.0 Å². The summed E-state index contributed by atoms with van der Waals surface area (Å²) in [4.78, 5) is 26.0. The topological polar surface area (TPSA) is 58.6 Å². The van der Waals surface area contributed by atoms with Gasteiger partial charge in [0.15, 0.2) is 0 Å². The molecule has 2 amide bonds. The lowest BCUT2D eigenvalue weighted by molar-refractivity contribution is -0.130. The van der Waals surface area contributed by atoms with E-state index in [0.29, 0.717) is 28.9 Å². The van der Waals surface area contributed by atoms with Gasteiger partial charge in [0.05, 0.1) is 28.6 Å². The second kappa shape index (κ2) is 7.31. The van der Waals surface area contributed by atoms with E-state index in [1.807, 2.05) is 6.92 Å². The number of benzene rings is 1. The van der Waals surface area contributed by atoms with E-state index in [1.54, 1.807) is 30.2 Å². The van der Waals surface area contributed by atoms with Gasteiger partial charge >= 0.3 is 0 Å². The van der Waals surface area contributed by atoms with Gasteiger partial charge in [0.1, 0.15) is 0 Å². The molecule has 1 aromatic rings. The predicted octanol–water partition coefficient (Wildman–Crippen LogP) is 2.82. The van der Waals surface area contributed by atoms with E-state index in [4.69, 9.17) is 27.9 Å². The average molecular weight is 345 g/mol. The Morgan fingerprint density at radius 3 is 2.82 bits per heavy atom. The Bertz CT molecular complexity index is 580. The van der Waals surface area contributed by atoms with Crippen LogP contribution in [0.15, 0.2) is 18.2 Å². The molecule has 0 spiro atoms. The van der Waals surface area contributed by atoms with Gasteiger partial charge in [0.25, 0.3) is 0 Å². The Labute approximate surface area is 139 Å². The Kier molecular flexibility index (Phi) is 5.67. The number of carbonyl (C=O) groups is 2. The summed E-state index contributed by atoms with van der Waals surface area (Å²) in [5.74, 6) is -0.598. The SMILES string of the molecule is COC[C@H](C)N1C[C@H](C(=O)Nc2ccc(Cl)c(Cl)c2)CC1=O. The van der Waals surface area contributed by atoms with E-state index in [-0.39, 0.29) is 30.2 Å². The highest BCUT2D eigenvalue weighted by Gasteiger charge is 2.36. The van der Waals surface area contributed by atoms with Crippen molar-refractivity contribution in [3.8, 4) is 0 Å². The van der Waals surface area contributed by atoms with Crippen molar-refractivity contribution >= 4 is 40.7 Å². The maximum Gasteiger partial charge on any atom is 0.229 e. The molecule has 0 radical (unpaired) electrons. The van der Waals surface area contributed by atoms with Gasteiger partial charge in [-0.15, -0.1) is 0 Å². The number of nitrogens with one attached hydrogen (secondary N) is 1. The molecule has 120 valence electrons. The number of amides is 2. The minimum absolute atomic E-state index is 0.0289. The number of likely N-dealkylation sites (tertiary alicyclic amines) is 1. The molecule has 1 aliphatic rings. The molecule has 7 heteroatoms. The molecule has 0 aromatic heterocycles. The quantitative estimate of drug-likeness (QED) is 0.893. The fourth-order valence-electron chi connectivity index (χ4n) is 2.48. The number of halogens is 2. The van der Waals surface area contributed by atoms with Gasteiger partial charge in [-0.05, 0) is 25.1 Å². The molecule has 0 unspecified atom stereocenters. The third-order valence-corrected chi connectivity index (χ3v) is 4.40. The highest BCUT2D eigenvalue weighted by Crippen LogP contribution is 2.26. The summed E-state index contributed by atoms with van der Waals surface area (Å²) in [6.45, 7) is 2.75. The van der Waals surface area contributed by atoms with Crippen LogP contribution >= 0.6 is 23.2 Å². The van der Waals surface area contributed by atoms with Gasteiger partial charge < -0.3 is 15.0 Å². The summed E-state index contributed by atoms with van der Waals surface area (Å²) in [7, 11) is 1.59. The Morgan fingerprint density at radius 1 is 1.45 bits per heavy atom. The lowest BCUT2D eigenvalue weighted by Crippen LogP contribution is -2.38. The molecule has 1 aromatic carbocycles. The molecule has 1 fully saturated rings. The molecule has 1 N–H and O–H groups in total.